The minimum Gasteiger partial charge on any atom is -0.299 e. The summed E-state index contributed by atoms with van der Waals surface area (Å²) in [5.74, 6) is 4.23. The van der Waals surface area contributed by atoms with Gasteiger partial charge in [0.15, 0.2) is 0 Å². The predicted octanol–water partition coefficient (Wildman–Crippen LogP) is 4.84. The minimum absolute atomic E-state index is 0.0674. The fourth-order valence-electron chi connectivity index (χ4n) is 8.64. The van der Waals surface area contributed by atoms with Gasteiger partial charge in [0.05, 0.1) is 0 Å². The zero-order chi connectivity index (χ0) is 14.8. The van der Waals surface area contributed by atoms with Crippen LogP contribution in [0.3, 0.4) is 0 Å². The number of ketones is 1. The van der Waals surface area contributed by atoms with Crippen LogP contribution in [-0.2, 0) is 4.79 Å². The average molecular weight is 286 g/mol. The first-order valence-corrected chi connectivity index (χ1v) is 9.27. The lowest BCUT2D eigenvalue weighted by molar-refractivity contribution is -0.172. The van der Waals surface area contributed by atoms with Crippen molar-refractivity contribution in [3.63, 3.8) is 0 Å². The third-order valence-corrected chi connectivity index (χ3v) is 9.66. The Morgan fingerprint density at radius 1 is 0.952 bits per heavy atom. The number of carbonyl (C=O) groups is 1. The largest absolute Gasteiger partial charge is 0.299 e. The van der Waals surface area contributed by atoms with E-state index in [2.05, 4.69) is 27.7 Å². The van der Waals surface area contributed by atoms with E-state index in [-0.39, 0.29) is 5.41 Å². The van der Waals surface area contributed by atoms with Crippen molar-refractivity contribution >= 4 is 5.78 Å². The molecule has 21 heavy (non-hydrogen) atoms. The summed E-state index contributed by atoms with van der Waals surface area (Å²) in [6.07, 6.45) is 9.33. The summed E-state index contributed by atoms with van der Waals surface area (Å²) in [4.78, 5) is 12.5. The monoisotopic (exact) mass is 286 g/mol. The molecule has 0 heterocycles. The number of hydrogen-bond donors (Lipinski definition) is 0. The topological polar surface area (TPSA) is 17.1 Å². The lowest BCUT2D eigenvalue weighted by Crippen LogP contribution is -2.59. The molecule has 6 rings (SSSR count). The Bertz CT molecular complexity index is 548. The van der Waals surface area contributed by atoms with Gasteiger partial charge in [-0.1, -0.05) is 27.7 Å². The van der Waals surface area contributed by atoms with Crippen molar-refractivity contribution in [2.24, 2.45) is 45.3 Å². The summed E-state index contributed by atoms with van der Waals surface area (Å²) < 4.78 is 0. The van der Waals surface area contributed by atoms with E-state index in [0.29, 0.717) is 22.5 Å². The van der Waals surface area contributed by atoms with E-state index in [4.69, 9.17) is 0 Å². The van der Waals surface area contributed by atoms with Crippen LogP contribution in [0.5, 0.6) is 0 Å². The fourth-order valence-corrected chi connectivity index (χ4v) is 8.64. The Kier molecular flexibility index (Phi) is 2.06. The second-order valence-corrected chi connectivity index (χ2v) is 10.5. The zero-order valence-corrected chi connectivity index (χ0v) is 14.2. The SMILES string of the molecule is CC1(C)C(=O)CC[C@@]2(C)[C@@H]3C[C@@H]4[C@@H]5C[C@@]3(CC[C@@H]12)C[C@@]45C. The van der Waals surface area contributed by atoms with Gasteiger partial charge in [0.25, 0.3) is 0 Å². The first-order valence-electron chi connectivity index (χ1n) is 9.27. The van der Waals surface area contributed by atoms with Gasteiger partial charge in [0, 0.05) is 11.8 Å². The minimum atomic E-state index is -0.0674. The molecule has 0 aliphatic heterocycles. The van der Waals surface area contributed by atoms with Crippen LogP contribution in [0.15, 0.2) is 0 Å². The van der Waals surface area contributed by atoms with Crippen LogP contribution in [0, 0.1) is 45.3 Å². The molecule has 7 atom stereocenters. The molecule has 0 aromatic heterocycles. The maximum atomic E-state index is 12.5. The van der Waals surface area contributed by atoms with E-state index >= 15 is 0 Å². The Hall–Kier alpha value is -0.330. The highest BCUT2D eigenvalue weighted by atomic mass is 16.1. The second kappa shape index (κ2) is 3.29. The molecule has 0 unspecified atom stereocenters. The Morgan fingerprint density at radius 2 is 1.71 bits per heavy atom. The summed E-state index contributed by atoms with van der Waals surface area (Å²) in [5, 5.41) is 0. The van der Waals surface area contributed by atoms with E-state index in [1.165, 1.54) is 38.5 Å². The number of fused-ring (bicyclic) bond motifs is 1. The maximum absolute atomic E-state index is 12.5. The lowest BCUT2D eigenvalue weighted by atomic mass is 9.39. The normalized spacial score (nSPS) is 63.0. The Balaban J connectivity index is 1.57. The molecule has 6 saturated carbocycles. The van der Waals surface area contributed by atoms with Gasteiger partial charge in [-0.25, -0.2) is 0 Å². The third-order valence-electron chi connectivity index (χ3n) is 9.66. The van der Waals surface area contributed by atoms with Crippen LogP contribution in [0.2, 0.25) is 0 Å². The number of hydrogen-bond acceptors (Lipinski definition) is 1. The van der Waals surface area contributed by atoms with Crippen LogP contribution >= 0.6 is 0 Å². The molecule has 1 heteroatoms. The third kappa shape index (κ3) is 1.23. The molecule has 6 fully saturated rings. The quantitative estimate of drug-likeness (QED) is 0.622. The maximum Gasteiger partial charge on any atom is 0.138 e. The molecule has 6 aliphatic carbocycles. The summed E-state index contributed by atoms with van der Waals surface area (Å²) in [5.41, 5.74) is 1.79. The number of rotatable bonds is 0. The molecule has 0 aromatic carbocycles. The zero-order valence-electron chi connectivity index (χ0n) is 14.2. The predicted molar refractivity (Wildman–Crippen MR) is 83.7 cm³/mol. The van der Waals surface area contributed by atoms with Crippen molar-refractivity contribution in [3.05, 3.63) is 0 Å². The van der Waals surface area contributed by atoms with E-state index in [0.717, 1.165) is 29.6 Å². The molecule has 4 bridgehead atoms. The lowest BCUT2D eigenvalue weighted by Gasteiger charge is -2.64. The van der Waals surface area contributed by atoms with Gasteiger partial charge in [-0.05, 0) is 78.4 Å². The highest BCUT2D eigenvalue weighted by Crippen LogP contribution is 2.85. The second-order valence-electron chi connectivity index (χ2n) is 10.5. The van der Waals surface area contributed by atoms with E-state index in [1.807, 2.05) is 0 Å². The van der Waals surface area contributed by atoms with Crippen LogP contribution in [0.1, 0.15) is 72.6 Å². The average Bonchev–Trinajstić information content (AvgIpc) is 2.86. The molecule has 1 spiro atoms. The van der Waals surface area contributed by atoms with Gasteiger partial charge < -0.3 is 0 Å². The summed E-state index contributed by atoms with van der Waals surface area (Å²) in [7, 11) is 0. The molecular weight excluding hydrogens is 256 g/mol. The number of carbonyl (C=O) groups excluding carboxylic acids is 1. The first-order chi connectivity index (χ1) is 9.74. The highest BCUT2D eigenvalue weighted by Gasteiger charge is 2.78. The molecule has 0 N–H and O–H groups in total. The van der Waals surface area contributed by atoms with E-state index in [9.17, 15) is 4.79 Å². The van der Waals surface area contributed by atoms with Crippen molar-refractivity contribution < 1.29 is 4.79 Å². The van der Waals surface area contributed by atoms with Crippen LogP contribution in [-0.4, -0.2) is 5.78 Å². The molecule has 1 nitrogen and oxygen atoms in total. The van der Waals surface area contributed by atoms with Gasteiger partial charge >= 0.3 is 0 Å². The van der Waals surface area contributed by atoms with Crippen LogP contribution in [0.4, 0.5) is 0 Å². The number of Topliss-reactive ketones (excluding diaryl/α,β-unsaturated/α-hetero) is 1. The Labute approximate surface area is 129 Å². The summed E-state index contributed by atoms with van der Waals surface area (Å²) in [6.45, 7) is 9.66. The molecule has 6 aliphatic rings. The van der Waals surface area contributed by atoms with Gasteiger partial charge in [-0.15, -0.1) is 0 Å². The highest BCUT2D eigenvalue weighted by molar-refractivity contribution is 5.85. The van der Waals surface area contributed by atoms with Gasteiger partial charge in [0.2, 0.25) is 0 Å². The van der Waals surface area contributed by atoms with Crippen LogP contribution < -0.4 is 0 Å². The Morgan fingerprint density at radius 3 is 2.38 bits per heavy atom. The van der Waals surface area contributed by atoms with E-state index in [1.54, 1.807) is 0 Å². The molecule has 0 radical (unpaired) electrons. The molecule has 116 valence electrons. The van der Waals surface area contributed by atoms with Gasteiger partial charge in [0.1, 0.15) is 5.78 Å². The van der Waals surface area contributed by atoms with Crippen molar-refractivity contribution in [2.45, 2.75) is 72.6 Å². The smallest absolute Gasteiger partial charge is 0.138 e. The van der Waals surface area contributed by atoms with Crippen LogP contribution in [0.25, 0.3) is 0 Å². The van der Waals surface area contributed by atoms with Gasteiger partial charge in [-0.2, -0.15) is 0 Å². The molecule has 0 saturated heterocycles. The molecule has 0 amide bonds. The first kappa shape index (κ1) is 13.1. The van der Waals surface area contributed by atoms with Crippen molar-refractivity contribution in [3.8, 4) is 0 Å². The summed E-state index contributed by atoms with van der Waals surface area (Å²) >= 11 is 0. The molecular formula is C20H30O. The standard InChI is InChI=1S/C20H30O/c1-17(2)14-5-8-20-10-13-12(19(13,4)11-20)9-15(20)18(14,3)7-6-16(17)21/h12-15H,5-11H2,1-4H3/t12-,13+,14+,15+,18-,19+,20+/m1/s1. The van der Waals surface area contributed by atoms with E-state index < -0.39 is 0 Å². The fraction of sp³-hybridized carbons (Fsp3) is 0.950. The van der Waals surface area contributed by atoms with Crippen molar-refractivity contribution in [2.75, 3.05) is 0 Å². The summed E-state index contributed by atoms with van der Waals surface area (Å²) in [6, 6.07) is 0. The van der Waals surface area contributed by atoms with Gasteiger partial charge in [-0.3, -0.25) is 4.79 Å². The molecule has 0 aromatic rings. The van der Waals surface area contributed by atoms with Crippen molar-refractivity contribution in [1.82, 2.24) is 0 Å². The van der Waals surface area contributed by atoms with Crippen molar-refractivity contribution in [1.29, 1.82) is 0 Å².